The zero-order valence-electron chi connectivity index (χ0n) is 25.8. The summed E-state index contributed by atoms with van der Waals surface area (Å²) in [5, 5.41) is 73.4. The molecule has 2 saturated heterocycles. The molecule has 14 nitrogen and oxygen atoms in total. The average Bonchev–Trinajstić information content (AvgIpc) is 3.36. The number of aliphatic hydroxyl groups is 6. The zero-order valence-corrected chi connectivity index (χ0v) is 25.8. The van der Waals surface area contributed by atoms with Gasteiger partial charge in [0.05, 0.1) is 12.7 Å². The van der Waals surface area contributed by atoms with Gasteiger partial charge in [-0.3, -0.25) is 4.79 Å². The number of rotatable bonds is 7. The normalized spacial score (nSPS) is 45.2. The molecule has 1 amide bonds. The van der Waals surface area contributed by atoms with E-state index in [1.807, 2.05) is 12.1 Å². The van der Waals surface area contributed by atoms with Crippen LogP contribution in [0.3, 0.4) is 0 Å². The van der Waals surface area contributed by atoms with Crippen molar-refractivity contribution in [1.82, 2.24) is 5.32 Å². The van der Waals surface area contributed by atoms with Gasteiger partial charge in [0, 0.05) is 6.92 Å². The molecule has 1 aromatic carbocycles. The van der Waals surface area contributed by atoms with Crippen LogP contribution in [0, 0.1) is 17.3 Å². The van der Waals surface area contributed by atoms with E-state index in [0.717, 1.165) is 44.1 Å². The van der Waals surface area contributed by atoms with Gasteiger partial charge in [-0.05, 0) is 85.0 Å². The summed E-state index contributed by atoms with van der Waals surface area (Å²) in [7, 11) is 0. The number of carboxylic acids is 1. The van der Waals surface area contributed by atoms with Crippen LogP contribution in [0.5, 0.6) is 5.75 Å². The molecular formula is C32H45NO13. The molecule has 2 aliphatic heterocycles. The fourth-order valence-corrected chi connectivity index (χ4v) is 8.84. The molecule has 15 unspecified atom stereocenters. The maximum absolute atomic E-state index is 11.9. The highest BCUT2D eigenvalue weighted by Crippen LogP contribution is 2.62. The molecule has 6 rings (SSSR count). The Balaban J connectivity index is 1.15. The summed E-state index contributed by atoms with van der Waals surface area (Å²) in [5.74, 6) is -0.480. The summed E-state index contributed by atoms with van der Waals surface area (Å²) in [6, 6.07) is 4.62. The van der Waals surface area contributed by atoms with Crippen LogP contribution in [-0.4, -0.2) is 122 Å². The number of carbonyl (C=O) groups excluding carboxylic acids is 1. The molecule has 3 aliphatic carbocycles. The molecule has 4 fully saturated rings. The Morgan fingerprint density at radius 3 is 2.41 bits per heavy atom. The van der Waals surface area contributed by atoms with Crippen LogP contribution in [0.15, 0.2) is 18.2 Å². The first-order valence-electron chi connectivity index (χ1n) is 16.1. The predicted octanol–water partition coefficient (Wildman–Crippen LogP) is -0.857. The highest BCUT2D eigenvalue weighted by molar-refractivity contribution is 5.73. The summed E-state index contributed by atoms with van der Waals surface area (Å²) in [4.78, 5) is 23.4. The summed E-state index contributed by atoms with van der Waals surface area (Å²) >= 11 is 0. The Morgan fingerprint density at radius 1 is 0.957 bits per heavy atom. The number of fused-ring (bicyclic) bond motifs is 5. The van der Waals surface area contributed by atoms with Crippen LogP contribution in [-0.2, 0) is 30.2 Å². The first-order valence-corrected chi connectivity index (χ1v) is 16.1. The van der Waals surface area contributed by atoms with Gasteiger partial charge >= 0.3 is 5.97 Å². The van der Waals surface area contributed by atoms with E-state index in [-0.39, 0.29) is 11.5 Å². The third-order valence-electron chi connectivity index (χ3n) is 11.2. The van der Waals surface area contributed by atoms with Gasteiger partial charge in [-0.2, -0.15) is 0 Å². The number of carboxylic acid groups (broad SMARTS) is 1. The number of aryl methyl sites for hydroxylation is 1. The second-order valence-corrected chi connectivity index (χ2v) is 13.8. The van der Waals surface area contributed by atoms with Crippen molar-refractivity contribution in [3.63, 3.8) is 0 Å². The lowest BCUT2D eigenvalue weighted by atomic mass is 9.55. The van der Waals surface area contributed by atoms with Crippen LogP contribution < -0.4 is 10.1 Å². The van der Waals surface area contributed by atoms with Gasteiger partial charge in [0.25, 0.3) is 0 Å². The summed E-state index contributed by atoms with van der Waals surface area (Å²) in [6.45, 7) is 3.04. The van der Waals surface area contributed by atoms with Gasteiger partial charge < -0.3 is 60.0 Å². The number of carbonyl (C=O) groups is 2. The topological polar surface area (TPSA) is 225 Å². The standard InChI is InChI=1S/C32H45NO13/c1-13(35)33-22-24(37)23(36)20(12-34)44-30(22)45-21-8-7-19-18-5-3-14-11-15(4-6-16(14)17(18)9-10-32(19,21)2)43-31-27(40)25(38)26(39)28(46-31)29(41)42/h4,6,11,17-28,30-31,34,36-40H,3,5,7-10,12H2,1-2H3,(H,33,35)(H,41,42). The second-order valence-electron chi connectivity index (χ2n) is 13.8. The number of hydrogen-bond donors (Lipinski definition) is 8. The molecular weight excluding hydrogens is 606 g/mol. The van der Waals surface area contributed by atoms with Crippen LogP contribution in [0.2, 0.25) is 0 Å². The smallest absolute Gasteiger partial charge is 0.335 e. The Kier molecular flexibility index (Phi) is 9.39. The van der Waals surface area contributed by atoms with E-state index in [0.29, 0.717) is 23.5 Å². The SMILES string of the molecule is CC(=O)NC1C(OC2CCC3C4CCc5cc(OC6OC(C(=O)O)C(O)C(O)C6O)ccc5C4CCC23C)OC(CO)C(O)C1O. The fourth-order valence-electron chi connectivity index (χ4n) is 8.84. The first kappa shape index (κ1) is 33.5. The summed E-state index contributed by atoms with van der Waals surface area (Å²) in [6.07, 6.45) is -8.28. The Labute approximate surface area is 266 Å². The van der Waals surface area contributed by atoms with Crippen LogP contribution in [0.25, 0.3) is 0 Å². The van der Waals surface area contributed by atoms with Crippen molar-refractivity contribution in [2.75, 3.05) is 6.61 Å². The third-order valence-corrected chi connectivity index (χ3v) is 11.2. The van der Waals surface area contributed by atoms with Gasteiger partial charge in [0.1, 0.15) is 48.4 Å². The highest BCUT2D eigenvalue weighted by atomic mass is 16.7. The third kappa shape index (κ3) is 5.81. The van der Waals surface area contributed by atoms with Gasteiger partial charge in [-0.25, -0.2) is 4.79 Å². The zero-order chi connectivity index (χ0) is 33.1. The molecule has 46 heavy (non-hydrogen) atoms. The number of aliphatic hydroxyl groups excluding tert-OH is 6. The van der Waals surface area contributed by atoms with Crippen molar-refractivity contribution < 1.29 is 64.3 Å². The van der Waals surface area contributed by atoms with Crippen molar-refractivity contribution in [3.05, 3.63) is 29.3 Å². The Bertz CT molecular complexity index is 1300. The Hall–Kier alpha value is -2.40. The first-order chi connectivity index (χ1) is 21.8. The van der Waals surface area contributed by atoms with Gasteiger partial charge in [-0.15, -0.1) is 0 Å². The quantitative estimate of drug-likeness (QED) is 0.180. The molecule has 5 aliphatic rings. The number of nitrogens with one attached hydrogen (secondary N) is 1. The molecule has 0 spiro atoms. The maximum atomic E-state index is 11.9. The molecule has 256 valence electrons. The van der Waals surface area contributed by atoms with E-state index in [2.05, 4.69) is 12.2 Å². The second kappa shape index (κ2) is 12.9. The van der Waals surface area contributed by atoms with Crippen LogP contribution >= 0.6 is 0 Å². The molecule has 2 saturated carbocycles. The molecule has 0 bridgehead atoms. The Morgan fingerprint density at radius 2 is 1.72 bits per heavy atom. The minimum atomic E-state index is -1.80. The largest absolute Gasteiger partial charge is 0.479 e. The van der Waals surface area contributed by atoms with Crippen molar-refractivity contribution in [1.29, 1.82) is 0 Å². The monoisotopic (exact) mass is 651 g/mol. The molecule has 15 atom stereocenters. The number of hydrogen-bond acceptors (Lipinski definition) is 12. The lowest BCUT2D eigenvalue weighted by molar-refractivity contribution is -0.291. The molecule has 0 radical (unpaired) electrons. The van der Waals surface area contributed by atoms with E-state index in [9.17, 15) is 45.3 Å². The molecule has 1 aromatic rings. The van der Waals surface area contributed by atoms with E-state index in [1.165, 1.54) is 12.5 Å². The lowest BCUT2D eigenvalue weighted by Crippen LogP contribution is -2.65. The van der Waals surface area contributed by atoms with Gasteiger partial charge in [-0.1, -0.05) is 13.0 Å². The highest BCUT2D eigenvalue weighted by Gasteiger charge is 2.57. The molecule has 0 aromatic heterocycles. The van der Waals surface area contributed by atoms with E-state index >= 15 is 0 Å². The van der Waals surface area contributed by atoms with Crippen molar-refractivity contribution in [3.8, 4) is 5.75 Å². The van der Waals surface area contributed by atoms with Crippen molar-refractivity contribution in [2.24, 2.45) is 17.3 Å². The van der Waals surface area contributed by atoms with E-state index in [1.54, 1.807) is 6.07 Å². The number of benzene rings is 1. The van der Waals surface area contributed by atoms with Crippen molar-refractivity contribution in [2.45, 2.75) is 126 Å². The van der Waals surface area contributed by atoms with Crippen molar-refractivity contribution >= 4 is 11.9 Å². The summed E-state index contributed by atoms with van der Waals surface area (Å²) < 4.78 is 23.5. The number of ether oxygens (including phenoxy) is 4. The maximum Gasteiger partial charge on any atom is 0.335 e. The molecule has 2 heterocycles. The fraction of sp³-hybridized carbons (Fsp3) is 0.750. The number of amides is 1. The van der Waals surface area contributed by atoms with Crippen LogP contribution in [0.1, 0.15) is 63.0 Å². The average molecular weight is 652 g/mol. The van der Waals surface area contributed by atoms with Gasteiger partial charge in [0.2, 0.25) is 12.2 Å². The minimum Gasteiger partial charge on any atom is -0.479 e. The van der Waals surface area contributed by atoms with Gasteiger partial charge in [0.15, 0.2) is 12.4 Å². The summed E-state index contributed by atoms with van der Waals surface area (Å²) in [5.41, 5.74) is 2.11. The number of aliphatic carboxylic acids is 1. The molecule has 8 N–H and O–H groups in total. The van der Waals surface area contributed by atoms with E-state index < -0.39 is 79.8 Å². The molecule has 14 heteroatoms. The predicted molar refractivity (Wildman–Crippen MR) is 156 cm³/mol. The lowest BCUT2D eigenvalue weighted by Gasteiger charge is -2.51. The van der Waals surface area contributed by atoms with E-state index in [4.69, 9.17) is 18.9 Å². The van der Waals surface area contributed by atoms with Crippen LogP contribution in [0.4, 0.5) is 0 Å². The minimum absolute atomic E-state index is 0.192.